The number of hydrogen-bond donors (Lipinski definition) is 1. The highest BCUT2D eigenvalue weighted by atomic mass is 32.2. The number of rotatable bonds is 4. The Morgan fingerprint density at radius 1 is 1.14 bits per heavy atom. The lowest BCUT2D eigenvalue weighted by Crippen LogP contribution is -2.55. The normalized spacial score (nSPS) is 19.3. The molecule has 0 unspecified atom stereocenters. The molecule has 0 saturated carbocycles. The third-order valence-electron chi connectivity index (χ3n) is 7.11. The monoisotopic (exact) mass is 609 g/mol. The quantitative estimate of drug-likeness (QED) is 0.447. The number of aryl methyl sites for hydroxylation is 1. The summed E-state index contributed by atoms with van der Waals surface area (Å²) >= 11 is 0. The number of urea groups is 1. The van der Waals surface area contributed by atoms with Crippen LogP contribution < -0.4 is 10.5 Å². The van der Waals surface area contributed by atoms with Gasteiger partial charge in [-0.1, -0.05) is 12.1 Å². The summed E-state index contributed by atoms with van der Waals surface area (Å²) in [5, 5.41) is 4.04. The smallest absolute Gasteiger partial charge is 0.412 e. The Balaban J connectivity index is 1.44. The lowest BCUT2D eigenvalue weighted by Gasteiger charge is -2.32. The van der Waals surface area contributed by atoms with Crippen molar-refractivity contribution in [2.45, 2.75) is 29.6 Å². The van der Waals surface area contributed by atoms with Crippen molar-refractivity contribution < 1.29 is 45.1 Å². The molecule has 0 spiro atoms. The summed E-state index contributed by atoms with van der Waals surface area (Å²) in [7, 11) is -2.35. The number of imide groups is 1. The summed E-state index contributed by atoms with van der Waals surface area (Å²) in [5.74, 6) is -5.55. The summed E-state index contributed by atoms with van der Waals surface area (Å²) in [6, 6.07) is 3.36. The van der Waals surface area contributed by atoms with Gasteiger partial charge in [0.25, 0.3) is 0 Å². The molecule has 0 radical (unpaired) electrons. The molecule has 3 aromatic rings. The van der Waals surface area contributed by atoms with Crippen molar-refractivity contribution in [2.24, 2.45) is 12.8 Å². The minimum Gasteiger partial charge on any atom is -0.491 e. The van der Waals surface area contributed by atoms with Crippen LogP contribution in [0.4, 0.5) is 22.4 Å². The summed E-state index contributed by atoms with van der Waals surface area (Å²) in [6.07, 6.45) is -1.81. The average Bonchev–Trinajstić information content (AvgIpc) is 3.38. The number of aromatic nitrogens is 2. The van der Waals surface area contributed by atoms with Gasteiger partial charge in [0.15, 0.2) is 15.9 Å². The van der Waals surface area contributed by atoms with E-state index in [1.165, 1.54) is 23.0 Å². The molecule has 1 aromatic heterocycles. The van der Waals surface area contributed by atoms with Crippen LogP contribution in [-0.2, 0) is 33.0 Å². The van der Waals surface area contributed by atoms with E-state index in [2.05, 4.69) is 5.10 Å². The van der Waals surface area contributed by atoms with Crippen LogP contribution in [0.1, 0.15) is 17.0 Å². The van der Waals surface area contributed by atoms with Crippen LogP contribution in [0.2, 0.25) is 0 Å². The fraction of sp³-hybridized carbons (Fsp3) is 0.308. The van der Waals surface area contributed by atoms with Gasteiger partial charge < -0.3 is 15.4 Å². The van der Waals surface area contributed by atoms with E-state index in [-0.39, 0.29) is 26.7 Å². The molecule has 2 aliphatic heterocycles. The molecule has 2 aliphatic rings. The lowest BCUT2D eigenvalue weighted by atomic mass is 9.97. The predicted molar refractivity (Wildman–Crippen MR) is 137 cm³/mol. The van der Waals surface area contributed by atoms with E-state index in [1.807, 2.05) is 0 Å². The van der Waals surface area contributed by atoms with Crippen LogP contribution in [0, 0.1) is 5.82 Å². The maximum absolute atomic E-state index is 14.0. The number of ether oxygens (including phenoxy) is 1. The fourth-order valence-electron chi connectivity index (χ4n) is 5.02. The zero-order valence-electron chi connectivity index (χ0n) is 21.8. The first-order chi connectivity index (χ1) is 19.7. The number of nitrogens with two attached hydrogens (primary N) is 1. The van der Waals surface area contributed by atoms with Crippen molar-refractivity contribution in [2.75, 3.05) is 18.9 Å². The van der Waals surface area contributed by atoms with Crippen LogP contribution in [0.3, 0.4) is 0 Å². The molecule has 3 heterocycles. The van der Waals surface area contributed by atoms with Crippen molar-refractivity contribution in [1.82, 2.24) is 19.6 Å². The van der Waals surface area contributed by atoms with Gasteiger partial charge in [0.1, 0.15) is 24.7 Å². The van der Waals surface area contributed by atoms with Crippen LogP contribution >= 0.6 is 0 Å². The number of amides is 4. The number of fused-ring (bicyclic) bond motifs is 2. The van der Waals surface area contributed by atoms with Crippen molar-refractivity contribution >= 4 is 27.7 Å². The first kappa shape index (κ1) is 29.0. The molecule has 2 aromatic carbocycles. The molecule has 0 bridgehead atoms. The highest BCUT2D eigenvalue weighted by Crippen LogP contribution is 2.39. The number of hydrogen-bond acceptors (Lipinski definition) is 7. The van der Waals surface area contributed by atoms with Gasteiger partial charge in [-0.3, -0.25) is 19.2 Å². The van der Waals surface area contributed by atoms with Crippen LogP contribution in [-0.4, -0.2) is 77.0 Å². The Hall–Kier alpha value is -4.47. The predicted octanol–water partition coefficient (Wildman–Crippen LogP) is 2.36. The highest BCUT2D eigenvalue weighted by Gasteiger charge is 2.49. The van der Waals surface area contributed by atoms with E-state index in [0.29, 0.717) is 16.0 Å². The number of nitrogens with zero attached hydrogens (tertiary/aromatic N) is 4. The SMILES string of the molecule is Cn1cc(-c2ccc3c(c2)S(=O)(=O)C[C@@H]3C(=O)N(CC(=O)N2Cc3cc(F)ccc3OC[C@H]2C(F)(F)F)C(N)=O)cn1. The Morgan fingerprint density at radius 3 is 2.52 bits per heavy atom. The van der Waals surface area contributed by atoms with Gasteiger partial charge in [-0.05, 0) is 35.4 Å². The first-order valence-electron chi connectivity index (χ1n) is 12.4. The molecular weight excluding hydrogens is 586 g/mol. The summed E-state index contributed by atoms with van der Waals surface area (Å²) in [4.78, 5) is 39.4. The van der Waals surface area contributed by atoms with Gasteiger partial charge in [0.05, 0.1) is 29.3 Å². The second kappa shape index (κ2) is 10.4. The molecule has 222 valence electrons. The van der Waals surface area contributed by atoms with Crippen LogP contribution in [0.25, 0.3) is 11.1 Å². The summed E-state index contributed by atoms with van der Waals surface area (Å²) < 4.78 is 88.4. The van der Waals surface area contributed by atoms with E-state index in [4.69, 9.17) is 10.5 Å². The molecule has 2 N–H and O–H groups in total. The van der Waals surface area contributed by atoms with Gasteiger partial charge in [-0.15, -0.1) is 0 Å². The number of carbonyl (C=O) groups excluding carboxylic acids is 3. The van der Waals surface area contributed by atoms with Crippen LogP contribution in [0.5, 0.6) is 5.75 Å². The van der Waals surface area contributed by atoms with Gasteiger partial charge in [0.2, 0.25) is 11.8 Å². The van der Waals surface area contributed by atoms with Crippen molar-refractivity contribution in [3.63, 3.8) is 0 Å². The molecule has 2 atom stereocenters. The highest BCUT2D eigenvalue weighted by molar-refractivity contribution is 7.91. The first-order valence-corrected chi connectivity index (χ1v) is 14.0. The van der Waals surface area contributed by atoms with Crippen LogP contribution in [0.15, 0.2) is 53.7 Å². The van der Waals surface area contributed by atoms with Gasteiger partial charge in [-0.25, -0.2) is 17.6 Å². The molecular formula is C26H23F4N5O6S. The van der Waals surface area contributed by atoms with Crippen molar-refractivity contribution in [1.29, 1.82) is 0 Å². The van der Waals surface area contributed by atoms with E-state index >= 15 is 0 Å². The maximum Gasteiger partial charge on any atom is 0.412 e. The standard InChI is InChI=1S/C26H23F4N5O6S/c1-33-9-16(8-32-33)14-2-4-18-19(13-42(39,40)21(18)7-14)24(37)35(25(31)38)11-23(36)34-10-15-6-17(27)3-5-20(15)41-12-22(34)26(28,29)30/h2-9,19,22H,10-13H2,1H3,(H2,31,38)/t19-,22-/m0/s1. The van der Waals surface area contributed by atoms with E-state index in [1.54, 1.807) is 19.3 Å². The fourth-order valence-corrected chi connectivity index (χ4v) is 6.84. The number of sulfone groups is 1. The third kappa shape index (κ3) is 5.41. The Kier molecular flexibility index (Phi) is 7.20. The topological polar surface area (TPSA) is 145 Å². The zero-order valence-corrected chi connectivity index (χ0v) is 22.7. The number of carbonyl (C=O) groups is 3. The molecule has 4 amide bonds. The van der Waals surface area contributed by atoms with Gasteiger partial charge in [0, 0.05) is 24.4 Å². The third-order valence-corrected chi connectivity index (χ3v) is 8.90. The molecule has 0 aliphatic carbocycles. The minimum absolute atomic E-state index is 0.0482. The number of primary amides is 1. The molecule has 16 heteroatoms. The molecule has 5 rings (SSSR count). The summed E-state index contributed by atoms with van der Waals surface area (Å²) in [5.41, 5.74) is 6.45. The lowest BCUT2D eigenvalue weighted by molar-refractivity contribution is -0.195. The number of halogens is 4. The molecule has 0 fully saturated rings. The summed E-state index contributed by atoms with van der Waals surface area (Å²) in [6.45, 7) is -2.98. The van der Waals surface area contributed by atoms with E-state index < -0.39 is 77.1 Å². The molecule has 11 nitrogen and oxygen atoms in total. The minimum atomic E-state index is -4.98. The van der Waals surface area contributed by atoms with Gasteiger partial charge in [-0.2, -0.15) is 18.3 Å². The second-order valence-corrected chi connectivity index (χ2v) is 11.9. The number of benzene rings is 2. The van der Waals surface area contributed by atoms with E-state index in [0.717, 1.165) is 18.2 Å². The van der Waals surface area contributed by atoms with E-state index in [9.17, 15) is 40.4 Å². The number of alkyl halides is 3. The largest absolute Gasteiger partial charge is 0.491 e. The molecule has 42 heavy (non-hydrogen) atoms. The second-order valence-electron chi connectivity index (χ2n) is 9.89. The Labute approximate surface area is 236 Å². The van der Waals surface area contributed by atoms with Crippen molar-refractivity contribution in [3.05, 3.63) is 65.7 Å². The zero-order chi connectivity index (χ0) is 30.6. The van der Waals surface area contributed by atoms with Crippen molar-refractivity contribution in [3.8, 4) is 16.9 Å². The Bertz CT molecular complexity index is 1710. The maximum atomic E-state index is 14.0. The average molecular weight is 610 g/mol. The molecule has 0 saturated heterocycles. The Morgan fingerprint density at radius 2 is 1.88 bits per heavy atom. The van der Waals surface area contributed by atoms with Gasteiger partial charge >= 0.3 is 12.2 Å².